The number of hydrogen-bond acceptors (Lipinski definition) is 2. The fraction of sp³-hybridized carbons (Fsp3) is 0.158. The van der Waals surface area contributed by atoms with E-state index in [1.807, 2.05) is 67.1 Å². The molecule has 0 fully saturated rings. The number of benzene rings is 2. The first-order chi connectivity index (χ1) is 11.6. The fourth-order valence-electron chi connectivity index (χ4n) is 2.58. The quantitative estimate of drug-likeness (QED) is 0.723. The van der Waals surface area contributed by atoms with Gasteiger partial charge in [-0.25, -0.2) is 4.98 Å². The van der Waals surface area contributed by atoms with E-state index in [1.165, 1.54) is 0 Å². The van der Waals surface area contributed by atoms with Crippen LogP contribution in [0.15, 0.2) is 65.4 Å². The smallest absolute Gasteiger partial charge is 0.252 e. The zero-order valence-corrected chi connectivity index (χ0v) is 15.1. The second-order valence-corrected chi connectivity index (χ2v) is 6.47. The van der Waals surface area contributed by atoms with Crippen molar-refractivity contribution in [2.45, 2.75) is 19.9 Å². The number of aryl methyl sites for hydroxylation is 1. The van der Waals surface area contributed by atoms with Crippen LogP contribution in [0.3, 0.4) is 0 Å². The van der Waals surface area contributed by atoms with Gasteiger partial charge in [0.05, 0.1) is 11.6 Å². The van der Waals surface area contributed by atoms with Gasteiger partial charge in [0.2, 0.25) is 0 Å². The second-order valence-electron chi connectivity index (χ2n) is 5.61. The van der Waals surface area contributed by atoms with Crippen molar-refractivity contribution in [2.24, 2.45) is 0 Å². The van der Waals surface area contributed by atoms with E-state index in [0.29, 0.717) is 5.56 Å². The zero-order valence-electron chi connectivity index (χ0n) is 13.5. The Morgan fingerprint density at radius 1 is 1.17 bits per heavy atom. The average molecular weight is 384 g/mol. The number of hydrogen-bond donors (Lipinski definition) is 1. The maximum atomic E-state index is 12.4. The molecule has 24 heavy (non-hydrogen) atoms. The number of aromatic nitrogens is 2. The fourth-order valence-corrected chi connectivity index (χ4v) is 3.04. The van der Waals surface area contributed by atoms with Crippen LogP contribution in [-0.4, -0.2) is 15.5 Å². The Labute approximate surface area is 149 Å². The van der Waals surface area contributed by atoms with Crippen molar-refractivity contribution in [1.82, 2.24) is 14.9 Å². The number of carbonyl (C=O) groups is 1. The summed E-state index contributed by atoms with van der Waals surface area (Å²) in [7, 11) is 0. The first-order valence-corrected chi connectivity index (χ1v) is 8.51. The van der Waals surface area contributed by atoms with Gasteiger partial charge in [-0.3, -0.25) is 4.79 Å². The van der Waals surface area contributed by atoms with Crippen LogP contribution in [0.2, 0.25) is 0 Å². The summed E-state index contributed by atoms with van der Waals surface area (Å²) in [5.74, 6) is 0.850. The number of nitrogens with zero attached hydrogens (tertiary/aromatic N) is 2. The highest BCUT2D eigenvalue weighted by molar-refractivity contribution is 9.10. The van der Waals surface area contributed by atoms with Crippen LogP contribution in [-0.2, 0) is 0 Å². The minimum Gasteiger partial charge on any atom is -0.345 e. The number of halogens is 1. The van der Waals surface area contributed by atoms with Gasteiger partial charge >= 0.3 is 0 Å². The Morgan fingerprint density at radius 2 is 1.88 bits per heavy atom. The summed E-state index contributed by atoms with van der Waals surface area (Å²) in [6, 6.07) is 15.4. The third-order valence-electron chi connectivity index (χ3n) is 3.96. The molecule has 0 aliphatic carbocycles. The third kappa shape index (κ3) is 3.41. The molecule has 0 saturated heterocycles. The number of rotatable bonds is 4. The average Bonchev–Trinajstić information content (AvgIpc) is 3.01. The van der Waals surface area contributed by atoms with Crippen LogP contribution < -0.4 is 5.32 Å². The molecule has 1 atom stereocenters. The van der Waals surface area contributed by atoms with Gasteiger partial charge in [-0.05, 0) is 59.6 Å². The lowest BCUT2D eigenvalue weighted by Crippen LogP contribution is -2.26. The third-order valence-corrected chi connectivity index (χ3v) is 4.65. The van der Waals surface area contributed by atoms with Gasteiger partial charge in [-0.2, -0.15) is 0 Å². The normalized spacial score (nSPS) is 12.0. The van der Waals surface area contributed by atoms with E-state index in [-0.39, 0.29) is 11.9 Å². The Hall–Kier alpha value is -2.40. The predicted molar refractivity (Wildman–Crippen MR) is 98.3 cm³/mol. The van der Waals surface area contributed by atoms with Gasteiger partial charge in [0.25, 0.3) is 5.91 Å². The Morgan fingerprint density at radius 3 is 2.50 bits per heavy atom. The lowest BCUT2D eigenvalue weighted by Gasteiger charge is -2.16. The standard InChI is InChI=1S/C19H18BrN3O/c1-13(22-19(24)17-5-3-4-6-18(17)20)15-7-9-16(10-8-15)23-12-11-21-14(23)2/h3-13H,1-2H3,(H,22,24)/t13-/m0/s1. The first kappa shape index (κ1) is 16.5. The summed E-state index contributed by atoms with van der Waals surface area (Å²) in [5, 5.41) is 3.03. The molecule has 1 heterocycles. The second kappa shape index (κ2) is 7.01. The lowest BCUT2D eigenvalue weighted by atomic mass is 10.1. The van der Waals surface area contributed by atoms with E-state index in [0.717, 1.165) is 21.5 Å². The molecule has 0 aliphatic rings. The van der Waals surface area contributed by atoms with Crippen LogP contribution in [0.25, 0.3) is 5.69 Å². The van der Waals surface area contributed by atoms with Crippen molar-refractivity contribution in [2.75, 3.05) is 0 Å². The number of carbonyl (C=O) groups excluding carboxylic acids is 1. The lowest BCUT2D eigenvalue weighted by molar-refractivity contribution is 0.0939. The molecule has 3 aromatic rings. The van der Waals surface area contributed by atoms with Gasteiger partial charge in [-0.1, -0.05) is 24.3 Å². The SMILES string of the molecule is Cc1nccn1-c1ccc([C@H](C)NC(=O)c2ccccc2Br)cc1. The van der Waals surface area contributed by atoms with Crippen molar-refractivity contribution in [3.8, 4) is 5.69 Å². The highest BCUT2D eigenvalue weighted by Crippen LogP contribution is 2.19. The molecule has 0 bridgehead atoms. The van der Waals surface area contributed by atoms with Crippen LogP contribution in [0.1, 0.15) is 34.7 Å². The van der Waals surface area contributed by atoms with E-state index < -0.39 is 0 Å². The van der Waals surface area contributed by atoms with E-state index in [4.69, 9.17) is 0 Å². The molecule has 0 spiro atoms. The van der Waals surface area contributed by atoms with Crippen molar-refractivity contribution in [3.63, 3.8) is 0 Å². The summed E-state index contributed by atoms with van der Waals surface area (Å²) >= 11 is 3.41. The van der Waals surface area contributed by atoms with Gasteiger partial charge in [-0.15, -0.1) is 0 Å². The monoisotopic (exact) mass is 383 g/mol. The highest BCUT2D eigenvalue weighted by atomic mass is 79.9. The number of imidazole rings is 1. The Balaban J connectivity index is 1.74. The van der Waals surface area contributed by atoms with Gasteiger partial charge in [0, 0.05) is 22.6 Å². The molecule has 122 valence electrons. The highest BCUT2D eigenvalue weighted by Gasteiger charge is 2.13. The molecule has 5 heteroatoms. The Kier molecular flexibility index (Phi) is 4.81. The molecular weight excluding hydrogens is 366 g/mol. The summed E-state index contributed by atoms with van der Waals surface area (Å²) in [4.78, 5) is 16.6. The maximum Gasteiger partial charge on any atom is 0.252 e. The van der Waals surface area contributed by atoms with E-state index >= 15 is 0 Å². The molecule has 0 unspecified atom stereocenters. The van der Waals surface area contributed by atoms with Crippen molar-refractivity contribution in [1.29, 1.82) is 0 Å². The summed E-state index contributed by atoms with van der Waals surface area (Å²) in [5.41, 5.74) is 2.74. The maximum absolute atomic E-state index is 12.4. The topological polar surface area (TPSA) is 46.9 Å². The van der Waals surface area contributed by atoms with E-state index in [1.54, 1.807) is 12.3 Å². The van der Waals surface area contributed by atoms with Crippen LogP contribution >= 0.6 is 15.9 Å². The molecule has 4 nitrogen and oxygen atoms in total. The zero-order chi connectivity index (χ0) is 17.1. The molecule has 1 amide bonds. The Bertz CT molecular complexity index is 855. The number of nitrogens with one attached hydrogen (secondary N) is 1. The molecular formula is C19H18BrN3O. The molecule has 2 aromatic carbocycles. The van der Waals surface area contributed by atoms with Crippen LogP contribution in [0.4, 0.5) is 0 Å². The first-order valence-electron chi connectivity index (χ1n) is 7.72. The molecule has 1 aromatic heterocycles. The summed E-state index contributed by atoms with van der Waals surface area (Å²) < 4.78 is 2.81. The summed E-state index contributed by atoms with van der Waals surface area (Å²) in [6.45, 7) is 3.95. The molecule has 0 saturated carbocycles. The largest absolute Gasteiger partial charge is 0.345 e. The van der Waals surface area contributed by atoms with Gasteiger partial charge < -0.3 is 9.88 Å². The minimum absolute atomic E-state index is 0.0810. The van der Waals surface area contributed by atoms with Crippen LogP contribution in [0.5, 0.6) is 0 Å². The minimum atomic E-state index is -0.0931. The number of amides is 1. The van der Waals surface area contributed by atoms with E-state index in [2.05, 4.69) is 26.2 Å². The summed E-state index contributed by atoms with van der Waals surface area (Å²) in [6.07, 6.45) is 3.71. The molecule has 0 radical (unpaired) electrons. The van der Waals surface area contributed by atoms with Gasteiger partial charge in [0.1, 0.15) is 5.82 Å². The van der Waals surface area contributed by atoms with Gasteiger partial charge in [0.15, 0.2) is 0 Å². The molecule has 3 rings (SSSR count). The van der Waals surface area contributed by atoms with Crippen molar-refractivity contribution >= 4 is 21.8 Å². The van der Waals surface area contributed by atoms with Crippen LogP contribution in [0, 0.1) is 6.92 Å². The van der Waals surface area contributed by atoms with Crippen molar-refractivity contribution in [3.05, 3.63) is 82.3 Å². The molecule has 1 N–H and O–H groups in total. The molecule has 0 aliphatic heterocycles. The van der Waals surface area contributed by atoms with E-state index in [9.17, 15) is 4.79 Å². The van der Waals surface area contributed by atoms with Crippen molar-refractivity contribution < 1.29 is 4.79 Å². The predicted octanol–water partition coefficient (Wildman–Crippen LogP) is 4.43.